The summed E-state index contributed by atoms with van der Waals surface area (Å²) in [6, 6.07) is 0. The van der Waals surface area contributed by atoms with Gasteiger partial charge < -0.3 is 5.73 Å². The molecule has 0 spiro atoms. The summed E-state index contributed by atoms with van der Waals surface area (Å²) in [4.78, 5) is 5.47. The molecule has 2 N–H and O–H groups in total. The van der Waals surface area contributed by atoms with Gasteiger partial charge in [-0.15, -0.1) is 11.3 Å². The highest BCUT2D eigenvalue weighted by atomic mass is 32.1. The summed E-state index contributed by atoms with van der Waals surface area (Å²) in [5.41, 5.74) is 7.79. The molecule has 80 valence electrons. The number of aryl methyl sites for hydroxylation is 2. The van der Waals surface area contributed by atoms with Crippen molar-refractivity contribution in [2.24, 2.45) is 12.8 Å². The van der Waals surface area contributed by atoms with Gasteiger partial charge in [-0.05, 0) is 6.42 Å². The van der Waals surface area contributed by atoms with Crippen LogP contribution in [0.3, 0.4) is 0 Å². The van der Waals surface area contributed by atoms with E-state index in [0.29, 0.717) is 6.54 Å². The first-order chi connectivity index (χ1) is 7.24. The third-order valence-corrected chi connectivity index (χ3v) is 3.28. The van der Waals surface area contributed by atoms with Crippen molar-refractivity contribution in [3.63, 3.8) is 0 Å². The molecule has 0 bridgehead atoms. The molecule has 0 aliphatic carbocycles. The molecule has 0 unspecified atom stereocenters. The van der Waals surface area contributed by atoms with Crippen LogP contribution in [0.25, 0.3) is 10.6 Å². The van der Waals surface area contributed by atoms with E-state index in [-0.39, 0.29) is 0 Å². The Balaban J connectivity index is 2.43. The minimum absolute atomic E-state index is 0.555. The predicted octanol–water partition coefficient (Wildman–Crippen LogP) is 1.56. The Kier molecular flexibility index (Phi) is 2.83. The maximum absolute atomic E-state index is 5.57. The molecule has 2 aromatic rings. The number of rotatable bonds is 3. The largest absolute Gasteiger partial charge is 0.326 e. The topological polar surface area (TPSA) is 56.7 Å². The van der Waals surface area contributed by atoms with Crippen LogP contribution in [0.1, 0.15) is 17.5 Å². The molecule has 0 amide bonds. The lowest BCUT2D eigenvalue weighted by Crippen LogP contribution is -1.91. The van der Waals surface area contributed by atoms with Crippen LogP contribution in [0.2, 0.25) is 0 Å². The molecular formula is C10H14N4S. The fourth-order valence-corrected chi connectivity index (χ4v) is 2.32. The van der Waals surface area contributed by atoms with E-state index >= 15 is 0 Å². The zero-order valence-electron chi connectivity index (χ0n) is 8.90. The average molecular weight is 222 g/mol. The Bertz CT molecular complexity index is 458. The van der Waals surface area contributed by atoms with Crippen molar-refractivity contribution in [1.29, 1.82) is 0 Å². The van der Waals surface area contributed by atoms with Crippen molar-refractivity contribution >= 4 is 11.3 Å². The summed E-state index contributed by atoms with van der Waals surface area (Å²) in [6.07, 6.45) is 4.78. The number of hydrogen-bond donors (Lipinski definition) is 1. The van der Waals surface area contributed by atoms with Crippen LogP contribution in [0, 0.1) is 0 Å². The van der Waals surface area contributed by atoms with E-state index in [2.05, 4.69) is 17.0 Å². The lowest BCUT2D eigenvalue weighted by molar-refractivity contribution is 0.746. The van der Waals surface area contributed by atoms with Gasteiger partial charge >= 0.3 is 0 Å². The Labute approximate surface area is 92.8 Å². The first kappa shape index (κ1) is 10.3. The fraction of sp³-hybridized carbons (Fsp3) is 0.400. The van der Waals surface area contributed by atoms with Crippen molar-refractivity contribution in [2.75, 3.05) is 0 Å². The Hall–Kier alpha value is -1.20. The summed E-state index contributed by atoms with van der Waals surface area (Å²) in [6.45, 7) is 2.66. The second kappa shape index (κ2) is 4.12. The lowest BCUT2D eigenvalue weighted by Gasteiger charge is -1.92. The molecule has 2 aromatic heterocycles. The molecule has 0 aromatic carbocycles. The molecule has 4 nitrogen and oxygen atoms in total. The smallest absolute Gasteiger partial charge is 0.127 e. The number of thiazole rings is 1. The van der Waals surface area contributed by atoms with Crippen LogP contribution in [0.15, 0.2) is 12.4 Å². The Morgan fingerprint density at radius 3 is 2.93 bits per heavy atom. The molecule has 15 heavy (non-hydrogen) atoms. The number of nitrogens with two attached hydrogens (primary N) is 1. The maximum Gasteiger partial charge on any atom is 0.127 e. The van der Waals surface area contributed by atoms with Crippen LogP contribution >= 0.6 is 11.3 Å². The van der Waals surface area contributed by atoms with Gasteiger partial charge in [0.05, 0.1) is 11.3 Å². The zero-order chi connectivity index (χ0) is 10.8. The summed E-state index contributed by atoms with van der Waals surface area (Å²) in [7, 11) is 1.93. The summed E-state index contributed by atoms with van der Waals surface area (Å²) >= 11 is 1.64. The number of aromatic nitrogens is 3. The highest BCUT2D eigenvalue weighted by molar-refractivity contribution is 7.15. The van der Waals surface area contributed by atoms with Crippen LogP contribution in [0.5, 0.6) is 0 Å². The van der Waals surface area contributed by atoms with Crippen LogP contribution in [-0.4, -0.2) is 14.8 Å². The highest BCUT2D eigenvalue weighted by Gasteiger charge is 2.11. The monoisotopic (exact) mass is 222 g/mol. The van der Waals surface area contributed by atoms with Gasteiger partial charge in [-0.25, -0.2) is 4.98 Å². The highest BCUT2D eigenvalue weighted by Crippen LogP contribution is 2.27. The molecule has 0 aliphatic rings. The predicted molar refractivity (Wildman–Crippen MR) is 61.6 cm³/mol. The third-order valence-electron chi connectivity index (χ3n) is 2.23. The fourth-order valence-electron chi connectivity index (χ4n) is 1.50. The van der Waals surface area contributed by atoms with E-state index in [0.717, 1.165) is 27.6 Å². The van der Waals surface area contributed by atoms with Gasteiger partial charge in [0, 0.05) is 30.9 Å². The first-order valence-corrected chi connectivity index (χ1v) is 5.74. The molecular weight excluding hydrogens is 208 g/mol. The normalized spacial score (nSPS) is 10.9. The second-order valence-corrected chi connectivity index (χ2v) is 4.47. The number of nitrogens with zero attached hydrogens (tertiary/aromatic N) is 3. The molecule has 2 rings (SSSR count). The van der Waals surface area contributed by atoms with Crippen LogP contribution in [0.4, 0.5) is 0 Å². The summed E-state index contributed by atoms with van der Waals surface area (Å²) in [5.74, 6) is 0. The van der Waals surface area contributed by atoms with Gasteiger partial charge in [0.15, 0.2) is 0 Å². The maximum atomic E-state index is 5.57. The molecule has 0 saturated carbocycles. The standard InChI is InChI=1S/C10H14N4S/c1-3-9-8(6-14(2)13-9)10-12-5-7(4-11)15-10/h5-6H,3-4,11H2,1-2H3. The average Bonchev–Trinajstić information content (AvgIpc) is 2.82. The molecule has 0 aliphatic heterocycles. The number of hydrogen-bond acceptors (Lipinski definition) is 4. The van der Waals surface area contributed by atoms with Crippen molar-refractivity contribution in [2.45, 2.75) is 19.9 Å². The van der Waals surface area contributed by atoms with E-state index in [1.54, 1.807) is 11.3 Å². The van der Waals surface area contributed by atoms with Gasteiger partial charge in [-0.2, -0.15) is 5.10 Å². The SMILES string of the molecule is CCc1nn(C)cc1-c1ncc(CN)s1. The van der Waals surface area contributed by atoms with Crippen LogP contribution < -0.4 is 5.73 Å². The van der Waals surface area contributed by atoms with Gasteiger partial charge in [0.2, 0.25) is 0 Å². The minimum atomic E-state index is 0.555. The van der Waals surface area contributed by atoms with Crippen LogP contribution in [-0.2, 0) is 20.0 Å². The van der Waals surface area contributed by atoms with E-state index in [1.807, 2.05) is 24.1 Å². The van der Waals surface area contributed by atoms with E-state index < -0.39 is 0 Å². The molecule has 0 fully saturated rings. The third kappa shape index (κ3) is 1.93. The van der Waals surface area contributed by atoms with E-state index in [4.69, 9.17) is 5.73 Å². The Morgan fingerprint density at radius 1 is 1.53 bits per heavy atom. The second-order valence-electron chi connectivity index (χ2n) is 3.35. The summed E-state index contributed by atoms with van der Waals surface area (Å²) in [5, 5.41) is 5.41. The Morgan fingerprint density at radius 2 is 2.33 bits per heavy atom. The van der Waals surface area contributed by atoms with Crippen molar-refractivity contribution in [3.05, 3.63) is 23.0 Å². The molecule has 0 saturated heterocycles. The molecule has 0 radical (unpaired) electrons. The van der Waals surface area contributed by atoms with Crippen molar-refractivity contribution in [3.8, 4) is 10.6 Å². The van der Waals surface area contributed by atoms with Gasteiger partial charge in [0.25, 0.3) is 0 Å². The molecule has 2 heterocycles. The minimum Gasteiger partial charge on any atom is -0.326 e. The van der Waals surface area contributed by atoms with Gasteiger partial charge in [-0.3, -0.25) is 4.68 Å². The van der Waals surface area contributed by atoms with Gasteiger partial charge in [0.1, 0.15) is 5.01 Å². The molecule has 0 atom stereocenters. The van der Waals surface area contributed by atoms with E-state index in [9.17, 15) is 0 Å². The van der Waals surface area contributed by atoms with E-state index in [1.165, 1.54) is 0 Å². The molecule has 5 heteroatoms. The quantitative estimate of drug-likeness (QED) is 0.857. The van der Waals surface area contributed by atoms with Crippen molar-refractivity contribution in [1.82, 2.24) is 14.8 Å². The summed E-state index contributed by atoms with van der Waals surface area (Å²) < 4.78 is 1.83. The first-order valence-electron chi connectivity index (χ1n) is 4.92. The van der Waals surface area contributed by atoms with Crippen molar-refractivity contribution < 1.29 is 0 Å². The van der Waals surface area contributed by atoms with Gasteiger partial charge in [-0.1, -0.05) is 6.92 Å². The zero-order valence-corrected chi connectivity index (χ0v) is 9.71. The lowest BCUT2D eigenvalue weighted by atomic mass is 10.2.